The Hall–Kier alpha value is -3.26. The summed E-state index contributed by atoms with van der Waals surface area (Å²) in [5.41, 5.74) is 2.42. The molecule has 1 saturated heterocycles. The van der Waals surface area contributed by atoms with Crippen LogP contribution < -0.4 is 4.74 Å². The minimum absolute atomic E-state index is 0.0797. The van der Waals surface area contributed by atoms with Crippen LogP contribution in [0.1, 0.15) is 49.8 Å². The number of likely N-dealkylation sites (tertiary alicyclic amines) is 1. The predicted octanol–water partition coefficient (Wildman–Crippen LogP) is 3.93. The molecule has 0 unspecified atom stereocenters. The molecule has 8 heteroatoms. The maximum absolute atomic E-state index is 13.5. The maximum Gasteiger partial charge on any atom is 0.323 e. The van der Waals surface area contributed by atoms with E-state index < -0.39 is 6.04 Å². The highest BCUT2D eigenvalue weighted by molar-refractivity contribution is 6.03. The molecule has 0 saturated carbocycles. The SMILES string of the molecule is CCOC(=O)[C@@H]1CCCCN1CC(=O)N1N=C(c2ccc(F)cc2)C[C@@H]1c1ccc(OC)cc1. The summed E-state index contributed by atoms with van der Waals surface area (Å²) in [7, 11) is 1.61. The number of carbonyl (C=O) groups excluding carboxylic acids is 2. The molecule has 0 spiro atoms. The molecule has 2 aromatic rings. The van der Waals surface area contributed by atoms with Gasteiger partial charge in [0.2, 0.25) is 0 Å². The topological polar surface area (TPSA) is 71.4 Å². The molecule has 1 amide bonds. The van der Waals surface area contributed by atoms with Crippen LogP contribution in [0, 0.1) is 5.82 Å². The van der Waals surface area contributed by atoms with Gasteiger partial charge in [0.15, 0.2) is 0 Å². The zero-order chi connectivity index (χ0) is 24.1. The lowest BCUT2D eigenvalue weighted by Crippen LogP contribution is -2.49. The van der Waals surface area contributed by atoms with Crippen molar-refractivity contribution in [3.63, 3.8) is 0 Å². The van der Waals surface area contributed by atoms with E-state index in [9.17, 15) is 14.0 Å². The molecular weight excluding hydrogens is 437 g/mol. The van der Waals surface area contributed by atoms with Crippen molar-refractivity contribution in [3.8, 4) is 5.75 Å². The number of esters is 1. The number of halogens is 1. The van der Waals surface area contributed by atoms with Crippen molar-refractivity contribution in [2.45, 2.75) is 44.7 Å². The Labute approximate surface area is 199 Å². The summed E-state index contributed by atoms with van der Waals surface area (Å²) >= 11 is 0. The maximum atomic E-state index is 13.5. The molecule has 2 heterocycles. The van der Waals surface area contributed by atoms with E-state index in [2.05, 4.69) is 5.10 Å². The van der Waals surface area contributed by atoms with E-state index in [4.69, 9.17) is 9.47 Å². The highest BCUT2D eigenvalue weighted by Crippen LogP contribution is 2.34. The zero-order valence-corrected chi connectivity index (χ0v) is 19.6. The Morgan fingerprint density at radius 2 is 1.82 bits per heavy atom. The number of ether oxygens (including phenoxy) is 2. The van der Waals surface area contributed by atoms with Gasteiger partial charge in [-0.05, 0) is 61.7 Å². The minimum atomic E-state index is -0.416. The van der Waals surface area contributed by atoms with Gasteiger partial charge in [0.25, 0.3) is 5.91 Å². The number of amides is 1. The number of carbonyl (C=O) groups is 2. The number of hydrogen-bond donors (Lipinski definition) is 0. The molecule has 0 N–H and O–H groups in total. The van der Waals surface area contributed by atoms with Gasteiger partial charge in [-0.25, -0.2) is 9.40 Å². The Morgan fingerprint density at radius 3 is 2.50 bits per heavy atom. The molecule has 1 fully saturated rings. The molecule has 34 heavy (non-hydrogen) atoms. The molecule has 4 rings (SSSR count). The van der Waals surface area contributed by atoms with Crippen molar-refractivity contribution in [1.82, 2.24) is 9.91 Å². The summed E-state index contributed by atoms with van der Waals surface area (Å²) in [6.45, 7) is 2.83. The van der Waals surface area contributed by atoms with Gasteiger partial charge in [0.05, 0.1) is 32.0 Å². The van der Waals surface area contributed by atoms with Crippen LogP contribution >= 0.6 is 0 Å². The average molecular weight is 468 g/mol. The standard InChI is InChI=1S/C26H30FN3O4/c1-3-34-26(32)23-6-4-5-15-29(23)17-25(31)30-24(19-9-13-21(33-2)14-10-19)16-22(28-30)18-7-11-20(27)12-8-18/h7-14,23-24H,3-6,15-17H2,1-2H3/t23-,24+/m0/s1. The summed E-state index contributed by atoms with van der Waals surface area (Å²) in [5, 5.41) is 6.18. The van der Waals surface area contributed by atoms with Gasteiger partial charge < -0.3 is 9.47 Å². The molecule has 0 aliphatic carbocycles. The summed E-state index contributed by atoms with van der Waals surface area (Å²) in [5.74, 6) is -0.0604. The van der Waals surface area contributed by atoms with Crippen LogP contribution in [-0.2, 0) is 14.3 Å². The van der Waals surface area contributed by atoms with E-state index in [1.165, 1.54) is 17.1 Å². The summed E-state index contributed by atoms with van der Waals surface area (Å²) in [6, 6.07) is 13.0. The molecule has 2 aliphatic heterocycles. The third-order valence-electron chi connectivity index (χ3n) is 6.35. The van der Waals surface area contributed by atoms with Crippen molar-refractivity contribution >= 4 is 17.6 Å². The second-order valence-electron chi connectivity index (χ2n) is 8.52. The number of hydrazone groups is 1. The molecule has 2 atom stereocenters. The number of rotatable bonds is 7. The first-order valence-electron chi connectivity index (χ1n) is 11.7. The van der Waals surface area contributed by atoms with E-state index in [1.807, 2.05) is 29.2 Å². The van der Waals surface area contributed by atoms with E-state index in [-0.39, 0.29) is 30.3 Å². The van der Waals surface area contributed by atoms with Crippen LogP contribution in [0.5, 0.6) is 5.75 Å². The fraction of sp³-hybridized carbons (Fsp3) is 0.423. The van der Waals surface area contributed by atoms with Crippen LogP contribution in [-0.4, -0.2) is 60.3 Å². The summed E-state index contributed by atoms with van der Waals surface area (Å²) < 4.78 is 24.0. The summed E-state index contributed by atoms with van der Waals surface area (Å²) in [6.07, 6.45) is 3.04. The van der Waals surface area contributed by atoms with E-state index >= 15 is 0 Å². The third-order valence-corrected chi connectivity index (χ3v) is 6.35. The molecule has 2 aliphatic rings. The lowest BCUT2D eigenvalue weighted by Gasteiger charge is -2.34. The number of benzene rings is 2. The second-order valence-corrected chi connectivity index (χ2v) is 8.52. The van der Waals surface area contributed by atoms with Crippen LogP contribution in [0.3, 0.4) is 0 Å². The van der Waals surface area contributed by atoms with E-state index in [0.717, 1.165) is 35.4 Å². The third kappa shape index (κ3) is 5.28. The molecule has 7 nitrogen and oxygen atoms in total. The fourth-order valence-electron chi connectivity index (χ4n) is 4.57. The van der Waals surface area contributed by atoms with E-state index in [0.29, 0.717) is 26.0 Å². The number of nitrogens with zero attached hydrogens (tertiary/aromatic N) is 3. The Balaban J connectivity index is 1.59. The molecule has 0 radical (unpaired) electrons. The molecular formula is C26H30FN3O4. The van der Waals surface area contributed by atoms with Gasteiger partial charge in [-0.1, -0.05) is 30.7 Å². The quantitative estimate of drug-likeness (QED) is 0.577. The van der Waals surface area contributed by atoms with E-state index in [1.54, 1.807) is 26.2 Å². The van der Waals surface area contributed by atoms with Crippen LogP contribution in [0.25, 0.3) is 0 Å². The lowest BCUT2D eigenvalue weighted by atomic mass is 9.98. The smallest absolute Gasteiger partial charge is 0.323 e. The highest BCUT2D eigenvalue weighted by Gasteiger charge is 2.37. The number of methoxy groups -OCH3 is 1. The van der Waals surface area contributed by atoms with Crippen molar-refractivity contribution in [2.24, 2.45) is 5.10 Å². The Morgan fingerprint density at radius 1 is 1.09 bits per heavy atom. The summed E-state index contributed by atoms with van der Waals surface area (Å²) in [4.78, 5) is 27.9. The first-order chi connectivity index (χ1) is 16.5. The Bertz CT molecular complexity index is 1040. The monoisotopic (exact) mass is 467 g/mol. The normalized spacial score (nSPS) is 20.7. The van der Waals surface area contributed by atoms with Crippen LogP contribution in [0.15, 0.2) is 53.6 Å². The van der Waals surface area contributed by atoms with Gasteiger partial charge in [-0.3, -0.25) is 14.5 Å². The second kappa shape index (κ2) is 10.8. The van der Waals surface area contributed by atoms with Crippen molar-refractivity contribution < 1.29 is 23.5 Å². The predicted molar refractivity (Wildman–Crippen MR) is 126 cm³/mol. The van der Waals surface area contributed by atoms with Gasteiger partial charge in [-0.15, -0.1) is 0 Å². The van der Waals surface area contributed by atoms with Crippen molar-refractivity contribution in [1.29, 1.82) is 0 Å². The van der Waals surface area contributed by atoms with Crippen molar-refractivity contribution in [2.75, 3.05) is 26.8 Å². The molecule has 0 aromatic heterocycles. The van der Waals surface area contributed by atoms with Gasteiger partial charge in [0.1, 0.15) is 17.6 Å². The lowest BCUT2D eigenvalue weighted by molar-refractivity contribution is -0.152. The first kappa shape index (κ1) is 23.9. The first-order valence-corrected chi connectivity index (χ1v) is 11.7. The van der Waals surface area contributed by atoms with Gasteiger partial charge >= 0.3 is 5.97 Å². The van der Waals surface area contributed by atoms with Crippen molar-refractivity contribution in [3.05, 3.63) is 65.5 Å². The Kier molecular flexibility index (Phi) is 7.57. The zero-order valence-electron chi connectivity index (χ0n) is 19.6. The fourth-order valence-corrected chi connectivity index (χ4v) is 4.57. The average Bonchev–Trinajstić information content (AvgIpc) is 3.31. The van der Waals surface area contributed by atoms with Crippen LogP contribution in [0.4, 0.5) is 4.39 Å². The minimum Gasteiger partial charge on any atom is -0.497 e. The van der Waals surface area contributed by atoms with Crippen LogP contribution in [0.2, 0.25) is 0 Å². The molecule has 2 aromatic carbocycles. The number of piperidine rings is 1. The highest BCUT2D eigenvalue weighted by atomic mass is 19.1. The largest absolute Gasteiger partial charge is 0.497 e. The molecule has 0 bridgehead atoms. The van der Waals surface area contributed by atoms with Gasteiger partial charge in [-0.2, -0.15) is 5.10 Å². The van der Waals surface area contributed by atoms with Gasteiger partial charge in [0, 0.05) is 6.42 Å². The number of hydrogen-bond acceptors (Lipinski definition) is 6. The molecule has 180 valence electrons.